The predicted octanol–water partition coefficient (Wildman–Crippen LogP) is 4.55. The van der Waals surface area contributed by atoms with E-state index >= 15 is 0 Å². The van der Waals surface area contributed by atoms with Gasteiger partial charge in [0.25, 0.3) is 0 Å². The van der Waals surface area contributed by atoms with Crippen molar-refractivity contribution < 1.29 is 26.4 Å². The molecule has 0 unspecified atom stereocenters. The lowest BCUT2D eigenvalue weighted by Gasteiger charge is -2.09. The van der Waals surface area contributed by atoms with Crippen LogP contribution in [0.1, 0.15) is 10.6 Å². The number of aromatic nitrogens is 1. The molecule has 0 aliphatic rings. The van der Waals surface area contributed by atoms with E-state index in [0.717, 1.165) is 12.3 Å². The molecule has 0 aliphatic heterocycles. The van der Waals surface area contributed by atoms with Crippen LogP contribution in [0.3, 0.4) is 0 Å². The van der Waals surface area contributed by atoms with Crippen molar-refractivity contribution in [2.75, 3.05) is 11.6 Å². The number of carbonyl (C=O) groups is 1. The molecule has 5 nitrogen and oxygen atoms in total. The van der Waals surface area contributed by atoms with E-state index in [1.54, 1.807) is 24.3 Å². The standard InChI is InChI=1S/C17H12ClF3N2O3S2/c1-28(25,26)13-8-10(7-12-15(13)23-16(27-12)17(19,20)21)22-14(24)6-9-4-2-3-5-11(9)18/h2-5,7-8H,6H2,1H3,(H,22,24). The Balaban J connectivity index is 1.99. The molecule has 0 spiro atoms. The van der Waals surface area contributed by atoms with Crippen molar-refractivity contribution in [3.05, 3.63) is 52.0 Å². The first-order valence-corrected chi connectivity index (χ1v) is 10.8. The smallest absolute Gasteiger partial charge is 0.326 e. The summed E-state index contributed by atoms with van der Waals surface area (Å²) in [5, 5.41) is 1.74. The van der Waals surface area contributed by atoms with Crippen molar-refractivity contribution in [2.45, 2.75) is 17.5 Å². The summed E-state index contributed by atoms with van der Waals surface area (Å²) in [6.45, 7) is 0. The minimum Gasteiger partial charge on any atom is -0.326 e. The van der Waals surface area contributed by atoms with Gasteiger partial charge in [-0.1, -0.05) is 29.8 Å². The number of hydrogen-bond acceptors (Lipinski definition) is 5. The summed E-state index contributed by atoms with van der Waals surface area (Å²) in [5.41, 5.74) is 0.342. The summed E-state index contributed by atoms with van der Waals surface area (Å²) in [5.74, 6) is -0.493. The highest BCUT2D eigenvalue weighted by atomic mass is 35.5. The molecule has 1 aromatic heterocycles. The Morgan fingerprint density at radius 2 is 1.93 bits per heavy atom. The van der Waals surface area contributed by atoms with Gasteiger partial charge in [-0.25, -0.2) is 13.4 Å². The lowest BCUT2D eigenvalue weighted by atomic mass is 10.1. The van der Waals surface area contributed by atoms with Gasteiger partial charge in [0.1, 0.15) is 5.52 Å². The maximum absolute atomic E-state index is 13.0. The third-order valence-corrected chi connectivity index (χ3v) is 6.22. The number of rotatable bonds is 4. The van der Waals surface area contributed by atoms with Crippen molar-refractivity contribution >= 4 is 54.6 Å². The second-order valence-electron chi connectivity index (χ2n) is 5.93. The molecule has 1 N–H and O–H groups in total. The predicted molar refractivity (Wildman–Crippen MR) is 102 cm³/mol. The number of nitrogens with one attached hydrogen (secondary N) is 1. The second kappa shape index (κ2) is 7.34. The minimum absolute atomic E-state index is 0.00305. The first-order chi connectivity index (χ1) is 12.9. The Kier molecular flexibility index (Phi) is 5.39. The molecule has 0 aliphatic carbocycles. The van der Waals surface area contributed by atoms with Gasteiger partial charge in [0.05, 0.1) is 16.0 Å². The van der Waals surface area contributed by atoms with Crippen LogP contribution in [0.25, 0.3) is 10.2 Å². The molecule has 3 rings (SSSR count). The van der Waals surface area contributed by atoms with Crippen molar-refractivity contribution in [3.63, 3.8) is 0 Å². The molecule has 0 radical (unpaired) electrons. The maximum atomic E-state index is 13.0. The molecule has 3 aromatic rings. The number of nitrogens with zero attached hydrogens (tertiary/aromatic N) is 1. The molecule has 2 aromatic carbocycles. The molecule has 148 valence electrons. The number of alkyl halides is 3. The van der Waals surface area contributed by atoms with E-state index in [9.17, 15) is 26.4 Å². The number of thiazole rings is 1. The number of benzene rings is 2. The fourth-order valence-corrected chi connectivity index (χ4v) is 4.51. The van der Waals surface area contributed by atoms with Gasteiger partial charge in [0.15, 0.2) is 14.8 Å². The zero-order valence-corrected chi connectivity index (χ0v) is 16.6. The molecule has 0 bridgehead atoms. The number of anilines is 1. The van der Waals surface area contributed by atoms with Gasteiger partial charge in [-0.3, -0.25) is 4.79 Å². The third-order valence-electron chi connectivity index (χ3n) is 3.69. The maximum Gasteiger partial charge on any atom is 0.443 e. The van der Waals surface area contributed by atoms with E-state index in [2.05, 4.69) is 10.3 Å². The zero-order chi connectivity index (χ0) is 20.7. The minimum atomic E-state index is -4.70. The van der Waals surface area contributed by atoms with Gasteiger partial charge in [-0.15, -0.1) is 11.3 Å². The molecule has 1 heterocycles. The highest BCUT2D eigenvalue weighted by Crippen LogP contribution is 2.38. The monoisotopic (exact) mass is 448 g/mol. The van der Waals surface area contributed by atoms with Crippen LogP contribution < -0.4 is 5.32 Å². The van der Waals surface area contributed by atoms with Crippen LogP contribution in [0, 0.1) is 0 Å². The van der Waals surface area contributed by atoms with Crippen molar-refractivity contribution in [2.24, 2.45) is 0 Å². The van der Waals surface area contributed by atoms with Crippen LogP contribution in [-0.2, 0) is 27.2 Å². The molecule has 28 heavy (non-hydrogen) atoms. The molecular weight excluding hydrogens is 437 g/mol. The SMILES string of the molecule is CS(=O)(=O)c1cc(NC(=O)Cc2ccccc2Cl)cc2sc(C(F)(F)F)nc12. The normalized spacial score (nSPS) is 12.3. The summed E-state index contributed by atoms with van der Waals surface area (Å²) < 4.78 is 63.0. The number of halogens is 4. The van der Waals surface area contributed by atoms with E-state index in [-0.39, 0.29) is 27.2 Å². The average Bonchev–Trinajstić information content (AvgIpc) is 2.99. The second-order valence-corrected chi connectivity index (χ2v) is 9.35. The van der Waals surface area contributed by atoms with Gasteiger partial charge < -0.3 is 5.32 Å². The lowest BCUT2D eigenvalue weighted by Crippen LogP contribution is -2.15. The average molecular weight is 449 g/mol. The van der Waals surface area contributed by atoms with Crippen LogP contribution in [-0.4, -0.2) is 25.6 Å². The van der Waals surface area contributed by atoms with Gasteiger partial charge in [0, 0.05) is 17.0 Å². The van der Waals surface area contributed by atoms with E-state index in [1.807, 2.05) is 0 Å². The molecule has 0 saturated carbocycles. The Morgan fingerprint density at radius 3 is 2.54 bits per heavy atom. The Bertz CT molecular complexity index is 1170. The quantitative estimate of drug-likeness (QED) is 0.635. The van der Waals surface area contributed by atoms with E-state index in [0.29, 0.717) is 21.9 Å². The highest BCUT2D eigenvalue weighted by Gasteiger charge is 2.36. The van der Waals surface area contributed by atoms with E-state index in [1.165, 1.54) is 6.07 Å². The van der Waals surface area contributed by atoms with Gasteiger partial charge >= 0.3 is 6.18 Å². The largest absolute Gasteiger partial charge is 0.443 e. The number of fused-ring (bicyclic) bond motifs is 1. The van der Waals surface area contributed by atoms with Gasteiger partial charge in [-0.05, 0) is 23.8 Å². The topological polar surface area (TPSA) is 76.1 Å². The molecular formula is C17H12ClF3N2O3S2. The zero-order valence-electron chi connectivity index (χ0n) is 14.2. The summed E-state index contributed by atoms with van der Waals surface area (Å²) in [6, 6.07) is 9.06. The van der Waals surface area contributed by atoms with Crippen LogP contribution in [0.5, 0.6) is 0 Å². The highest BCUT2D eigenvalue weighted by molar-refractivity contribution is 7.91. The van der Waals surface area contributed by atoms with Crippen molar-refractivity contribution in [1.82, 2.24) is 4.98 Å². The number of hydrogen-bond donors (Lipinski definition) is 1. The lowest BCUT2D eigenvalue weighted by molar-refractivity contribution is -0.137. The molecule has 0 atom stereocenters. The molecule has 1 amide bonds. The Morgan fingerprint density at radius 1 is 1.25 bits per heavy atom. The summed E-state index contributed by atoms with van der Waals surface area (Å²) in [6.07, 6.45) is -3.92. The van der Waals surface area contributed by atoms with Crippen LogP contribution >= 0.6 is 22.9 Å². The number of sulfone groups is 1. The van der Waals surface area contributed by atoms with E-state index < -0.39 is 26.9 Å². The van der Waals surface area contributed by atoms with Gasteiger partial charge in [-0.2, -0.15) is 13.2 Å². The molecule has 0 saturated heterocycles. The number of amides is 1. The van der Waals surface area contributed by atoms with Crippen molar-refractivity contribution in [1.29, 1.82) is 0 Å². The Hall–Kier alpha value is -2.17. The van der Waals surface area contributed by atoms with Crippen LogP contribution in [0.2, 0.25) is 5.02 Å². The van der Waals surface area contributed by atoms with E-state index in [4.69, 9.17) is 11.6 Å². The van der Waals surface area contributed by atoms with Crippen LogP contribution in [0.4, 0.5) is 18.9 Å². The third kappa shape index (κ3) is 4.45. The number of carbonyl (C=O) groups excluding carboxylic acids is 1. The summed E-state index contributed by atoms with van der Waals surface area (Å²) >= 11 is 6.32. The van der Waals surface area contributed by atoms with Gasteiger partial charge in [0.2, 0.25) is 5.91 Å². The first kappa shape index (κ1) is 20.6. The summed E-state index contributed by atoms with van der Waals surface area (Å²) in [4.78, 5) is 15.3. The first-order valence-electron chi connectivity index (χ1n) is 7.70. The Labute approximate surface area is 167 Å². The molecule has 11 heteroatoms. The summed E-state index contributed by atoms with van der Waals surface area (Å²) in [7, 11) is -3.88. The fraction of sp³-hybridized carbons (Fsp3) is 0.176. The van der Waals surface area contributed by atoms with Crippen LogP contribution in [0.15, 0.2) is 41.3 Å². The molecule has 0 fully saturated rings. The fourth-order valence-electron chi connectivity index (χ4n) is 2.49. The van der Waals surface area contributed by atoms with Crippen molar-refractivity contribution in [3.8, 4) is 0 Å².